The van der Waals surface area contributed by atoms with Crippen molar-refractivity contribution in [3.8, 4) is 5.75 Å². The first-order chi connectivity index (χ1) is 10.8. The Hall–Kier alpha value is -0.410. The monoisotopic (exact) mass is 378 g/mol. The third-order valence-electron chi connectivity index (χ3n) is 3.56. The normalized spacial score (nSPS) is 12.6. The predicted octanol–water partition coefficient (Wildman–Crippen LogP) is 6.96. The summed E-state index contributed by atoms with van der Waals surface area (Å²) in [5, 5.41) is 1.10. The van der Waals surface area contributed by atoms with Gasteiger partial charge >= 0.3 is 0 Å². The van der Waals surface area contributed by atoms with Crippen molar-refractivity contribution >= 4 is 34.8 Å². The molecule has 0 radical (unpaired) electrons. The maximum atomic E-state index is 6.10. The first kappa shape index (κ1) is 20.6. The molecule has 0 amide bonds. The number of ether oxygens (including phenoxy) is 2. The van der Waals surface area contributed by atoms with E-state index in [1.807, 2.05) is 6.92 Å². The van der Waals surface area contributed by atoms with Crippen LogP contribution in [0, 0.1) is 0 Å². The number of hydrogen-bond acceptors (Lipinski definition) is 2. The van der Waals surface area contributed by atoms with Crippen molar-refractivity contribution in [2.75, 3.05) is 13.2 Å². The molecule has 0 saturated heterocycles. The molecule has 0 N–H and O–H groups in total. The van der Waals surface area contributed by atoms with Crippen LogP contribution in [-0.4, -0.2) is 18.8 Å². The van der Waals surface area contributed by atoms with Crippen LogP contribution in [0.3, 0.4) is 0 Å². The van der Waals surface area contributed by atoms with Crippen LogP contribution in [0.1, 0.15) is 47.0 Å². The number of rotatable bonds is 9. The van der Waals surface area contributed by atoms with Crippen molar-refractivity contribution in [3.05, 3.63) is 38.8 Å². The third kappa shape index (κ3) is 7.34. The Morgan fingerprint density at radius 3 is 2.52 bits per heavy atom. The van der Waals surface area contributed by atoms with Gasteiger partial charge < -0.3 is 9.47 Å². The van der Waals surface area contributed by atoms with Crippen molar-refractivity contribution in [1.29, 1.82) is 0 Å². The summed E-state index contributed by atoms with van der Waals surface area (Å²) in [6.07, 6.45) is 5.20. The van der Waals surface area contributed by atoms with E-state index in [0.29, 0.717) is 27.4 Å². The highest BCUT2D eigenvalue weighted by Crippen LogP contribution is 2.37. The smallest absolute Gasteiger partial charge is 0.140 e. The lowest BCUT2D eigenvalue weighted by Gasteiger charge is -2.24. The molecule has 0 heterocycles. The van der Waals surface area contributed by atoms with Gasteiger partial charge in [0.1, 0.15) is 17.4 Å². The topological polar surface area (TPSA) is 18.5 Å². The van der Waals surface area contributed by atoms with E-state index >= 15 is 0 Å². The van der Waals surface area contributed by atoms with Gasteiger partial charge in [-0.3, -0.25) is 0 Å². The van der Waals surface area contributed by atoms with Gasteiger partial charge in [0.25, 0.3) is 0 Å². The molecule has 0 aromatic heterocycles. The highest BCUT2D eigenvalue weighted by molar-refractivity contribution is 6.48. The van der Waals surface area contributed by atoms with Gasteiger partial charge in [0.15, 0.2) is 0 Å². The SMILES string of the molecule is CCOC(C)(C)CCC/C(C)=C/COc1ccc(Cl)c(Cl)c1Cl. The molecule has 0 unspecified atom stereocenters. The molecule has 0 fully saturated rings. The molecule has 130 valence electrons. The van der Waals surface area contributed by atoms with E-state index in [9.17, 15) is 0 Å². The second-order valence-corrected chi connectivity index (χ2v) is 7.24. The molecule has 0 aliphatic carbocycles. The van der Waals surface area contributed by atoms with E-state index in [0.717, 1.165) is 25.9 Å². The Morgan fingerprint density at radius 1 is 1.17 bits per heavy atom. The molecule has 0 spiro atoms. The zero-order valence-corrected chi connectivity index (χ0v) is 16.5. The molecule has 5 heteroatoms. The van der Waals surface area contributed by atoms with Gasteiger partial charge in [-0.2, -0.15) is 0 Å². The van der Waals surface area contributed by atoms with Gasteiger partial charge in [0.05, 0.1) is 15.6 Å². The van der Waals surface area contributed by atoms with Crippen LogP contribution in [0.5, 0.6) is 5.75 Å². The minimum atomic E-state index is -0.0564. The van der Waals surface area contributed by atoms with Crippen molar-refractivity contribution < 1.29 is 9.47 Å². The number of hydrogen-bond donors (Lipinski definition) is 0. The average molecular weight is 380 g/mol. The molecule has 1 aromatic rings. The number of benzene rings is 1. The molecule has 23 heavy (non-hydrogen) atoms. The van der Waals surface area contributed by atoms with Crippen LogP contribution in [0.15, 0.2) is 23.8 Å². The molecule has 0 atom stereocenters. The maximum absolute atomic E-state index is 6.10. The van der Waals surface area contributed by atoms with Crippen LogP contribution in [0.2, 0.25) is 15.1 Å². The van der Waals surface area contributed by atoms with Crippen LogP contribution in [-0.2, 0) is 4.74 Å². The van der Waals surface area contributed by atoms with Crippen LogP contribution >= 0.6 is 34.8 Å². The zero-order chi connectivity index (χ0) is 17.5. The fourth-order valence-corrected chi connectivity index (χ4v) is 2.83. The van der Waals surface area contributed by atoms with Gasteiger partial charge in [-0.15, -0.1) is 0 Å². The second-order valence-electron chi connectivity index (χ2n) is 6.08. The summed E-state index contributed by atoms with van der Waals surface area (Å²) >= 11 is 18.0. The number of halogens is 3. The Labute approximate surface area is 154 Å². The molecule has 1 aromatic carbocycles. The molecule has 0 aliphatic heterocycles. The summed E-state index contributed by atoms with van der Waals surface area (Å²) in [4.78, 5) is 0. The molecule has 0 bridgehead atoms. The number of allylic oxidation sites excluding steroid dienone is 1. The first-order valence-electron chi connectivity index (χ1n) is 7.82. The largest absolute Gasteiger partial charge is 0.488 e. The van der Waals surface area contributed by atoms with Gasteiger partial charge in [0, 0.05) is 6.61 Å². The lowest BCUT2D eigenvalue weighted by Crippen LogP contribution is -2.24. The highest BCUT2D eigenvalue weighted by Gasteiger charge is 2.16. The Kier molecular flexibility index (Phi) is 8.78. The van der Waals surface area contributed by atoms with Crippen molar-refractivity contribution in [1.82, 2.24) is 0 Å². The van der Waals surface area contributed by atoms with Crippen molar-refractivity contribution in [3.63, 3.8) is 0 Å². The summed E-state index contributed by atoms with van der Waals surface area (Å²) in [5.41, 5.74) is 1.23. The highest BCUT2D eigenvalue weighted by atomic mass is 35.5. The Balaban J connectivity index is 2.42. The van der Waals surface area contributed by atoms with E-state index in [-0.39, 0.29) is 5.60 Å². The van der Waals surface area contributed by atoms with Crippen LogP contribution in [0.4, 0.5) is 0 Å². The summed E-state index contributed by atoms with van der Waals surface area (Å²) in [6, 6.07) is 3.40. The van der Waals surface area contributed by atoms with Gasteiger partial charge in [0.2, 0.25) is 0 Å². The summed E-state index contributed by atoms with van der Waals surface area (Å²) in [7, 11) is 0. The van der Waals surface area contributed by atoms with Crippen LogP contribution < -0.4 is 4.74 Å². The lowest BCUT2D eigenvalue weighted by molar-refractivity contribution is -0.0173. The standard InChI is InChI=1S/C18H25Cl3O2/c1-5-23-18(3,4)11-6-7-13(2)10-12-22-15-9-8-14(19)16(20)17(15)21/h8-10H,5-7,11-12H2,1-4H3/b13-10+. The summed E-state index contributed by atoms with van der Waals surface area (Å²) < 4.78 is 11.4. The first-order valence-corrected chi connectivity index (χ1v) is 8.96. The molecular formula is C18H25Cl3O2. The minimum Gasteiger partial charge on any atom is -0.488 e. The fraction of sp³-hybridized carbons (Fsp3) is 0.556. The molecule has 1 rings (SSSR count). The Morgan fingerprint density at radius 2 is 1.87 bits per heavy atom. The zero-order valence-electron chi connectivity index (χ0n) is 14.2. The van der Waals surface area contributed by atoms with E-state index in [4.69, 9.17) is 44.3 Å². The maximum Gasteiger partial charge on any atom is 0.140 e. The van der Waals surface area contributed by atoms with E-state index in [1.165, 1.54) is 5.57 Å². The van der Waals surface area contributed by atoms with Gasteiger partial charge in [-0.05, 0) is 65.2 Å². The van der Waals surface area contributed by atoms with E-state index in [2.05, 4.69) is 26.8 Å². The summed E-state index contributed by atoms with van der Waals surface area (Å²) in [6.45, 7) is 9.60. The fourth-order valence-electron chi connectivity index (χ4n) is 2.25. The third-order valence-corrected chi connectivity index (χ3v) is 4.83. The molecule has 2 nitrogen and oxygen atoms in total. The van der Waals surface area contributed by atoms with Gasteiger partial charge in [-0.25, -0.2) is 0 Å². The summed E-state index contributed by atoms with van der Waals surface area (Å²) in [5.74, 6) is 0.544. The van der Waals surface area contributed by atoms with Gasteiger partial charge in [-0.1, -0.05) is 40.4 Å². The molecule has 0 aliphatic rings. The van der Waals surface area contributed by atoms with E-state index in [1.54, 1.807) is 12.1 Å². The quantitative estimate of drug-likeness (QED) is 0.341. The van der Waals surface area contributed by atoms with E-state index < -0.39 is 0 Å². The van der Waals surface area contributed by atoms with Crippen LogP contribution in [0.25, 0.3) is 0 Å². The molecular weight excluding hydrogens is 355 g/mol. The molecule has 0 saturated carbocycles. The average Bonchev–Trinajstić information content (AvgIpc) is 2.47. The minimum absolute atomic E-state index is 0.0564. The predicted molar refractivity (Wildman–Crippen MR) is 100 cm³/mol. The second kappa shape index (κ2) is 9.78. The van der Waals surface area contributed by atoms with Crippen molar-refractivity contribution in [2.24, 2.45) is 0 Å². The van der Waals surface area contributed by atoms with Crippen molar-refractivity contribution in [2.45, 2.75) is 52.6 Å². The lowest BCUT2D eigenvalue weighted by atomic mass is 9.99. The Bertz CT molecular complexity index is 539.